The van der Waals surface area contributed by atoms with Crippen LogP contribution in [-0.2, 0) is 0 Å². The van der Waals surface area contributed by atoms with Gasteiger partial charge < -0.3 is 0 Å². The van der Waals surface area contributed by atoms with E-state index < -0.39 is 0 Å². The molecule has 170 valence electrons. The van der Waals surface area contributed by atoms with Crippen LogP contribution in [0.2, 0.25) is 0 Å². The number of hydrogen-bond acceptors (Lipinski definition) is 4. The van der Waals surface area contributed by atoms with E-state index >= 15 is 0 Å². The lowest BCUT2D eigenvalue weighted by molar-refractivity contribution is -0.549. The first-order valence-corrected chi connectivity index (χ1v) is 11.6. The molecule has 0 saturated heterocycles. The smallest absolute Gasteiger partial charge is 0.276 e. The summed E-state index contributed by atoms with van der Waals surface area (Å²) in [4.78, 5) is 31.6. The first kappa shape index (κ1) is 20.2. The van der Waals surface area contributed by atoms with Gasteiger partial charge in [-0.25, -0.2) is 0 Å². The molecule has 0 unspecified atom stereocenters. The number of benzene rings is 4. The molecular formula is C29H19N6O+. The van der Waals surface area contributed by atoms with Crippen LogP contribution in [0.3, 0.4) is 0 Å². The minimum Gasteiger partial charge on any atom is -0.276 e. The zero-order chi connectivity index (χ0) is 24.1. The molecule has 36 heavy (non-hydrogen) atoms. The van der Waals surface area contributed by atoms with Crippen molar-refractivity contribution in [3.63, 3.8) is 0 Å². The third-order valence-electron chi connectivity index (χ3n) is 6.28. The number of nitrogens with one attached hydrogen (secondary N) is 1. The van der Waals surface area contributed by atoms with Crippen molar-refractivity contribution in [1.29, 1.82) is 0 Å². The second-order valence-corrected chi connectivity index (χ2v) is 8.47. The number of aromatic nitrogens is 6. The normalized spacial score (nSPS) is 11.4. The molecule has 0 saturated carbocycles. The summed E-state index contributed by atoms with van der Waals surface area (Å²) in [5, 5.41) is 0.614. The fourth-order valence-electron chi connectivity index (χ4n) is 4.61. The highest BCUT2D eigenvalue weighted by atomic mass is 16.1. The van der Waals surface area contributed by atoms with Crippen LogP contribution in [0.1, 0.15) is 0 Å². The monoisotopic (exact) mass is 467 g/mol. The quantitative estimate of drug-likeness (QED) is 0.381. The number of hydrogen-bond donors (Lipinski definition) is 1. The first-order valence-electron chi connectivity index (χ1n) is 11.6. The third-order valence-corrected chi connectivity index (χ3v) is 6.28. The summed E-state index contributed by atoms with van der Waals surface area (Å²) < 4.78 is 3.58. The summed E-state index contributed by atoms with van der Waals surface area (Å²) in [5.74, 6) is 2.11. The van der Waals surface area contributed by atoms with Gasteiger partial charge in [-0.15, -0.1) is 9.97 Å². The average Bonchev–Trinajstić information content (AvgIpc) is 3.28. The van der Waals surface area contributed by atoms with E-state index in [1.165, 1.54) is 0 Å². The van der Waals surface area contributed by atoms with Crippen LogP contribution < -0.4 is 10.1 Å². The van der Waals surface area contributed by atoms with Gasteiger partial charge in [0.2, 0.25) is 11.6 Å². The van der Waals surface area contributed by atoms with E-state index in [1.54, 1.807) is 4.40 Å². The second kappa shape index (κ2) is 7.95. The van der Waals surface area contributed by atoms with Gasteiger partial charge in [-0.05, 0) is 24.3 Å². The lowest BCUT2D eigenvalue weighted by Gasteiger charge is -2.05. The molecule has 0 spiro atoms. The van der Waals surface area contributed by atoms with Crippen molar-refractivity contribution in [2.45, 2.75) is 0 Å². The van der Waals surface area contributed by atoms with Gasteiger partial charge in [0.1, 0.15) is 11.0 Å². The summed E-state index contributed by atoms with van der Waals surface area (Å²) in [6.45, 7) is 0. The fourth-order valence-corrected chi connectivity index (χ4v) is 4.61. The molecule has 0 radical (unpaired) electrons. The Hall–Kier alpha value is -5.17. The van der Waals surface area contributed by atoms with Crippen LogP contribution in [-0.4, -0.2) is 24.3 Å². The average molecular weight is 468 g/mol. The Kier molecular flexibility index (Phi) is 4.47. The second-order valence-electron chi connectivity index (χ2n) is 8.47. The van der Waals surface area contributed by atoms with E-state index in [4.69, 9.17) is 15.0 Å². The lowest BCUT2D eigenvalue weighted by atomic mass is 10.2. The van der Waals surface area contributed by atoms with Gasteiger partial charge in [0, 0.05) is 11.1 Å². The van der Waals surface area contributed by atoms with Crippen LogP contribution in [0.25, 0.3) is 56.4 Å². The van der Waals surface area contributed by atoms with E-state index in [0.29, 0.717) is 28.8 Å². The number of H-pyrrole nitrogens is 1. The molecule has 0 aliphatic rings. The third kappa shape index (κ3) is 3.10. The first-order chi connectivity index (χ1) is 17.8. The van der Waals surface area contributed by atoms with Crippen molar-refractivity contribution in [2.75, 3.05) is 0 Å². The molecule has 3 aromatic heterocycles. The van der Waals surface area contributed by atoms with Crippen molar-refractivity contribution in [1.82, 2.24) is 24.3 Å². The molecule has 0 fully saturated rings. The Labute approximate surface area is 205 Å². The summed E-state index contributed by atoms with van der Waals surface area (Å²) in [5.41, 5.74) is 3.98. The van der Waals surface area contributed by atoms with Crippen molar-refractivity contribution in [2.24, 2.45) is 0 Å². The van der Waals surface area contributed by atoms with Crippen molar-refractivity contribution < 1.29 is 4.57 Å². The maximum atomic E-state index is 13.6. The summed E-state index contributed by atoms with van der Waals surface area (Å²) in [7, 11) is 0. The zero-order valence-electron chi connectivity index (χ0n) is 19.0. The highest BCUT2D eigenvalue weighted by molar-refractivity contribution is 5.83. The van der Waals surface area contributed by atoms with Crippen LogP contribution in [0.4, 0.5) is 0 Å². The maximum Gasteiger partial charge on any atom is 0.365 e. The number of rotatable bonds is 3. The molecule has 0 aliphatic carbocycles. The van der Waals surface area contributed by atoms with Gasteiger partial charge in [0.15, 0.2) is 0 Å². The van der Waals surface area contributed by atoms with Crippen molar-refractivity contribution in [3.05, 3.63) is 120 Å². The topological polar surface area (TPSA) is 79.8 Å². The highest BCUT2D eigenvalue weighted by Gasteiger charge is 2.26. The molecule has 7 rings (SSSR count). The predicted molar refractivity (Wildman–Crippen MR) is 139 cm³/mol. The van der Waals surface area contributed by atoms with Crippen molar-refractivity contribution >= 4 is 27.7 Å². The van der Waals surface area contributed by atoms with Crippen molar-refractivity contribution in [3.8, 4) is 28.7 Å². The van der Waals surface area contributed by atoms with Gasteiger partial charge in [-0.2, -0.15) is 14.0 Å². The minimum absolute atomic E-state index is 0.102. The number of imidazole rings is 1. The highest BCUT2D eigenvalue weighted by Crippen LogP contribution is 2.22. The SMILES string of the molecule is O=c1c2ccccc2[nH]c2n1c1ccccc1[n+]2-c1nc(-c2ccccc2)nc(-c2ccccc2)n1. The lowest BCUT2D eigenvalue weighted by Crippen LogP contribution is -2.35. The van der Waals surface area contributed by atoms with Gasteiger partial charge in [-0.3, -0.25) is 9.78 Å². The predicted octanol–water partition coefficient (Wildman–Crippen LogP) is 4.73. The van der Waals surface area contributed by atoms with E-state index in [0.717, 1.165) is 27.7 Å². The molecule has 0 bridgehead atoms. The van der Waals surface area contributed by atoms with Crippen LogP contribution in [0.5, 0.6) is 0 Å². The number of para-hydroxylation sites is 3. The van der Waals surface area contributed by atoms with Gasteiger partial charge in [0.05, 0.1) is 10.9 Å². The van der Waals surface area contributed by atoms with Gasteiger partial charge in [-0.1, -0.05) is 84.9 Å². The van der Waals surface area contributed by atoms with Crippen LogP contribution >= 0.6 is 0 Å². The number of fused-ring (bicyclic) bond motifs is 4. The molecule has 1 N–H and O–H groups in total. The largest absolute Gasteiger partial charge is 0.365 e. The van der Waals surface area contributed by atoms with Crippen LogP contribution in [0, 0.1) is 0 Å². The Balaban J connectivity index is 1.62. The molecule has 0 aliphatic heterocycles. The molecule has 7 nitrogen and oxygen atoms in total. The van der Waals surface area contributed by atoms with Crippen LogP contribution in [0.15, 0.2) is 114 Å². The van der Waals surface area contributed by atoms with E-state index in [1.807, 2.05) is 114 Å². The fraction of sp³-hybridized carbons (Fsp3) is 0. The molecule has 7 heteroatoms. The summed E-state index contributed by atoms with van der Waals surface area (Å²) in [6, 6.07) is 34.9. The van der Waals surface area contributed by atoms with Gasteiger partial charge >= 0.3 is 17.3 Å². The zero-order valence-corrected chi connectivity index (χ0v) is 19.0. The van der Waals surface area contributed by atoms with E-state index in [2.05, 4.69) is 4.98 Å². The summed E-state index contributed by atoms with van der Waals surface area (Å²) >= 11 is 0. The van der Waals surface area contributed by atoms with E-state index in [9.17, 15) is 4.79 Å². The molecule has 0 atom stereocenters. The number of nitrogens with zero attached hydrogens (tertiary/aromatic N) is 5. The Morgan fingerprint density at radius 2 is 1.22 bits per heavy atom. The number of aromatic amines is 1. The summed E-state index contributed by atoms with van der Waals surface area (Å²) in [6.07, 6.45) is 0. The van der Waals surface area contributed by atoms with Gasteiger partial charge in [0.25, 0.3) is 0 Å². The Morgan fingerprint density at radius 1 is 0.639 bits per heavy atom. The standard InChI is InChI=1S/C29H18N6O/c36-27-21-15-7-8-16-22(21)30-29-34(27)23-17-9-10-18-24(23)35(29)28-32-25(19-11-3-1-4-12-19)31-26(33-28)20-13-5-2-6-14-20/h1-18H/p+1. The molecule has 3 heterocycles. The molecular weight excluding hydrogens is 448 g/mol. The molecule has 0 amide bonds. The van der Waals surface area contributed by atoms with E-state index in [-0.39, 0.29) is 5.56 Å². The molecule has 4 aromatic carbocycles. The molecule has 7 aromatic rings. The Bertz CT molecular complexity index is 1900. The maximum absolute atomic E-state index is 13.6. The minimum atomic E-state index is -0.102. The Morgan fingerprint density at radius 3 is 1.92 bits per heavy atom.